The van der Waals surface area contributed by atoms with E-state index in [1.165, 1.54) is 0 Å². The van der Waals surface area contributed by atoms with Crippen LogP contribution in [0.25, 0.3) is 88.6 Å². The third-order valence-corrected chi connectivity index (χ3v) is 12.4. The van der Waals surface area contributed by atoms with Crippen molar-refractivity contribution in [2.45, 2.75) is 105 Å². The molecule has 3 aromatic heterocycles. The highest BCUT2D eigenvalue weighted by atomic mass is 16.5. The molecule has 0 saturated carbocycles. The molecule has 0 aliphatic carbocycles. The highest BCUT2D eigenvalue weighted by molar-refractivity contribution is 6.11. The van der Waals surface area contributed by atoms with E-state index in [0.29, 0.717) is 26.4 Å². The van der Waals surface area contributed by atoms with Gasteiger partial charge in [0.2, 0.25) is 0 Å². The second kappa shape index (κ2) is 20.0. The Bertz CT molecular complexity index is 2730. The Kier molecular flexibility index (Phi) is 13.5. The number of hydrogen-bond acceptors (Lipinski definition) is 6. The molecule has 0 fully saturated rings. The van der Waals surface area contributed by atoms with Gasteiger partial charge >= 0.3 is 0 Å². The second-order valence-electron chi connectivity index (χ2n) is 17.3. The maximum absolute atomic E-state index is 6.33. The molecule has 5 heterocycles. The van der Waals surface area contributed by atoms with E-state index in [2.05, 4.69) is 135 Å². The molecule has 4 aromatic carbocycles. The summed E-state index contributed by atoms with van der Waals surface area (Å²) in [5, 5.41) is 4.30. The maximum atomic E-state index is 6.33. The number of hydrogen-bond donors (Lipinski definition) is 2. The molecule has 8 bridgehead atoms. The Balaban J connectivity index is 1.29. The number of nitrogens with one attached hydrogen (secondary N) is 2. The minimum Gasteiger partial charge on any atom is -0.494 e. The smallest absolute Gasteiger partial charge is 0.120 e. The van der Waals surface area contributed by atoms with Crippen LogP contribution in [0.4, 0.5) is 0 Å². The zero-order valence-corrected chi connectivity index (χ0v) is 38.1. The fourth-order valence-electron chi connectivity index (χ4n) is 8.91. The zero-order valence-electron chi connectivity index (χ0n) is 38.1. The van der Waals surface area contributed by atoms with Gasteiger partial charge in [-0.1, -0.05) is 79.1 Å². The third kappa shape index (κ3) is 9.33. The fourth-order valence-corrected chi connectivity index (χ4v) is 8.91. The average Bonchev–Trinajstić information content (AvgIpc) is 4.04. The molecular formula is C56H62N4O4. The number of rotatable bonds is 20. The van der Waals surface area contributed by atoms with Gasteiger partial charge in [0.05, 0.1) is 49.2 Å². The number of unbranched alkanes of at least 4 members (excludes halogenated alkanes) is 8. The van der Waals surface area contributed by atoms with Crippen molar-refractivity contribution in [2.24, 2.45) is 0 Å². The van der Waals surface area contributed by atoms with Crippen molar-refractivity contribution in [3.8, 4) is 68.0 Å². The Morgan fingerprint density at radius 2 is 0.641 bits per heavy atom. The first-order valence-corrected chi connectivity index (χ1v) is 24.0. The summed E-state index contributed by atoms with van der Waals surface area (Å²) in [6.07, 6.45) is 13.3. The van der Waals surface area contributed by atoms with E-state index < -0.39 is 0 Å². The summed E-state index contributed by atoms with van der Waals surface area (Å²) in [6.45, 7) is 11.6. The molecule has 0 radical (unpaired) electrons. The van der Waals surface area contributed by atoms with Crippen LogP contribution in [0.5, 0.6) is 23.0 Å². The van der Waals surface area contributed by atoms with E-state index in [9.17, 15) is 0 Å². The largest absolute Gasteiger partial charge is 0.494 e. The normalized spacial score (nSPS) is 11.8. The Hall–Kier alpha value is -6.28. The lowest BCUT2D eigenvalue weighted by molar-refractivity contribution is 0.306. The predicted octanol–water partition coefficient (Wildman–Crippen LogP) is 15.6. The van der Waals surface area contributed by atoms with Gasteiger partial charge in [0.15, 0.2) is 0 Å². The van der Waals surface area contributed by atoms with E-state index in [1.54, 1.807) is 0 Å². The summed E-state index contributed by atoms with van der Waals surface area (Å²) < 4.78 is 25.3. The standard InChI is InChI=1S/C56H62N4O4/c1-5-9-13-25-61-37-17-21-41-45(29-37)53-33-50-42-22-18-38(62-26-14-10-6-2)30-46(42)55(58-50)35-52-44-24-20-40(64-28-16-12-8-4)32-48(44)56(60-52)36-51-43-23-19-39(63-27-15-11-7-3)31-47(43)54(59-51)34-49(41)57-53/h17-24,29-36,57,60H,5-16,25-28H2,1-4H3. The van der Waals surface area contributed by atoms with Crippen molar-refractivity contribution >= 4 is 43.6 Å². The van der Waals surface area contributed by atoms with Gasteiger partial charge in [-0.15, -0.1) is 0 Å². The number of ether oxygens (including phenoxy) is 4. The third-order valence-electron chi connectivity index (χ3n) is 12.4. The van der Waals surface area contributed by atoms with Gasteiger partial charge in [0, 0.05) is 65.9 Å². The molecule has 64 heavy (non-hydrogen) atoms. The summed E-state index contributed by atoms with van der Waals surface area (Å²) in [5.74, 6) is 3.42. The quantitative estimate of drug-likeness (QED) is 0.0742. The number of fused-ring (bicyclic) bond motifs is 20. The van der Waals surface area contributed by atoms with Crippen molar-refractivity contribution in [1.29, 1.82) is 0 Å². The second-order valence-corrected chi connectivity index (χ2v) is 17.3. The Labute approximate surface area is 377 Å². The first kappa shape index (κ1) is 43.0. The summed E-state index contributed by atoms with van der Waals surface area (Å²) >= 11 is 0. The van der Waals surface area contributed by atoms with Crippen LogP contribution in [-0.4, -0.2) is 46.4 Å². The molecular weight excluding hydrogens is 793 g/mol. The van der Waals surface area contributed by atoms with Crippen LogP contribution in [0.1, 0.15) is 105 Å². The summed E-state index contributed by atoms with van der Waals surface area (Å²) in [6, 6.07) is 34.4. The molecule has 0 spiro atoms. The van der Waals surface area contributed by atoms with Crippen molar-refractivity contribution in [3.05, 3.63) is 97.1 Å². The van der Waals surface area contributed by atoms with Gasteiger partial charge in [0.25, 0.3) is 0 Å². The first-order valence-electron chi connectivity index (χ1n) is 24.0. The summed E-state index contributed by atoms with van der Waals surface area (Å²) in [4.78, 5) is 18.5. The predicted molar refractivity (Wildman–Crippen MR) is 265 cm³/mol. The van der Waals surface area contributed by atoms with E-state index in [1.807, 2.05) is 0 Å². The highest BCUT2D eigenvalue weighted by Crippen LogP contribution is 2.43. The first-order chi connectivity index (χ1) is 31.5. The van der Waals surface area contributed by atoms with Gasteiger partial charge in [-0.2, -0.15) is 0 Å². The molecule has 2 aliphatic rings. The molecule has 0 atom stereocenters. The molecule has 2 N–H and O–H groups in total. The van der Waals surface area contributed by atoms with Crippen molar-refractivity contribution in [3.63, 3.8) is 0 Å². The van der Waals surface area contributed by atoms with Crippen LogP contribution in [-0.2, 0) is 0 Å². The molecule has 7 aromatic rings. The van der Waals surface area contributed by atoms with Crippen molar-refractivity contribution < 1.29 is 18.9 Å². The lowest BCUT2D eigenvalue weighted by Gasteiger charge is -2.08. The van der Waals surface area contributed by atoms with Gasteiger partial charge in [-0.3, -0.25) is 0 Å². The number of H-pyrrole nitrogens is 2. The molecule has 8 heteroatoms. The van der Waals surface area contributed by atoms with E-state index in [-0.39, 0.29) is 0 Å². The highest BCUT2D eigenvalue weighted by Gasteiger charge is 2.21. The monoisotopic (exact) mass is 854 g/mol. The topological polar surface area (TPSA) is 94.3 Å². The van der Waals surface area contributed by atoms with Crippen LogP contribution in [0, 0.1) is 0 Å². The Morgan fingerprint density at radius 3 is 1.00 bits per heavy atom. The maximum Gasteiger partial charge on any atom is 0.120 e. The fraction of sp³-hybridized carbons (Fsp3) is 0.357. The molecule has 330 valence electrons. The van der Waals surface area contributed by atoms with E-state index in [0.717, 1.165) is 189 Å². The minimum atomic E-state index is 0.685. The molecule has 0 amide bonds. The van der Waals surface area contributed by atoms with Crippen LogP contribution >= 0.6 is 0 Å². The molecule has 9 rings (SSSR count). The SMILES string of the molecule is CCCCCOc1ccc2c(c1)-c1cc3[nH]c(cc4nc(cc5[nH]c(cc-2n1)c1cc(OCCCCC)ccc51)-c1cc(OCCCCC)ccc1-4)c1cc(OCCCCC)ccc31. The number of nitrogens with zero attached hydrogens (tertiary/aromatic N) is 2. The van der Waals surface area contributed by atoms with Gasteiger partial charge in [-0.05, 0) is 123 Å². The summed E-state index contributed by atoms with van der Waals surface area (Å²) in [5.41, 5.74) is 11.5. The van der Waals surface area contributed by atoms with Gasteiger partial charge < -0.3 is 28.9 Å². The number of benzene rings is 4. The van der Waals surface area contributed by atoms with Crippen LogP contribution in [0.3, 0.4) is 0 Å². The Morgan fingerprint density at radius 1 is 0.328 bits per heavy atom. The number of aromatic amines is 2. The van der Waals surface area contributed by atoms with Gasteiger partial charge in [-0.25, -0.2) is 9.97 Å². The number of aromatic nitrogens is 4. The lowest BCUT2D eigenvalue weighted by Crippen LogP contribution is -1.97. The molecule has 2 aliphatic heterocycles. The molecule has 0 unspecified atom stereocenters. The lowest BCUT2D eigenvalue weighted by atomic mass is 10.0. The molecule has 8 nitrogen and oxygen atoms in total. The summed E-state index contributed by atoms with van der Waals surface area (Å²) in [7, 11) is 0. The van der Waals surface area contributed by atoms with Crippen molar-refractivity contribution in [2.75, 3.05) is 26.4 Å². The van der Waals surface area contributed by atoms with Crippen LogP contribution < -0.4 is 18.9 Å². The van der Waals surface area contributed by atoms with Crippen LogP contribution in [0.2, 0.25) is 0 Å². The molecule has 0 saturated heterocycles. The zero-order chi connectivity index (χ0) is 43.8. The minimum absolute atomic E-state index is 0.685. The van der Waals surface area contributed by atoms with Crippen LogP contribution in [0.15, 0.2) is 97.1 Å². The van der Waals surface area contributed by atoms with Crippen molar-refractivity contribution in [1.82, 2.24) is 19.9 Å². The van der Waals surface area contributed by atoms with Gasteiger partial charge in [0.1, 0.15) is 23.0 Å². The average molecular weight is 855 g/mol. The van der Waals surface area contributed by atoms with E-state index >= 15 is 0 Å². The van der Waals surface area contributed by atoms with E-state index in [4.69, 9.17) is 28.9 Å².